The second-order valence-corrected chi connectivity index (χ2v) is 7.49. The van der Waals surface area contributed by atoms with Gasteiger partial charge in [0.15, 0.2) is 0 Å². The highest BCUT2D eigenvalue weighted by atomic mass is 16.5. The van der Waals surface area contributed by atoms with Gasteiger partial charge in [0.05, 0.1) is 18.2 Å². The average Bonchev–Trinajstić information content (AvgIpc) is 3.15. The highest BCUT2D eigenvalue weighted by Crippen LogP contribution is 2.36. The molecule has 1 heterocycles. The van der Waals surface area contributed by atoms with Crippen LogP contribution in [0.15, 0.2) is 42.6 Å². The zero-order valence-corrected chi connectivity index (χ0v) is 17.6. The highest BCUT2D eigenvalue weighted by molar-refractivity contribution is 5.94. The molecule has 3 rings (SSSR count). The quantitative estimate of drug-likeness (QED) is 0.577. The number of amides is 1. The third-order valence-electron chi connectivity index (χ3n) is 5.19. The Morgan fingerprint density at radius 3 is 2.69 bits per heavy atom. The number of nitrogens with zero attached hydrogens (tertiary/aromatic N) is 3. The maximum atomic E-state index is 13.3. The number of hydrogen-bond donors (Lipinski definition) is 0. The van der Waals surface area contributed by atoms with E-state index in [4.69, 9.17) is 9.47 Å². The molecule has 1 aliphatic carbocycles. The number of benzene rings is 1. The number of hydrogen-bond acceptors (Lipinski definition) is 5. The van der Waals surface area contributed by atoms with E-state index in [1.807, 2.05) is 36.9 Å². The molecular weight excluding hydrogens is 366 g/mol. The first-order chi connectivity index (χ1) is 14.1. The summed E-state index contributed by atoms with van der Waals surface area (Å²) in [5.41, 5.74) is 3.15. The van der Waals surface area contributed by atoms with Crippen LogP contribution in [-0.4, -0.2) is 67.7 Å². The van der Waals surface area contributed by atoms with E-state index in [1.165, 1.54) is 11.1 Å². The minimum absolute atomic E-state index is 0.0150. The molecule has 29 heavy (non-hydrogen) atoms. The largest absolute Gasteiger partial charge is 0.476 e. The lowest BCUT2D eigenvalue weighted by Crippen LogP contribution is -2.36. The molecule has 1 amide bonds. The summed E-state index contributed by atoms with van der Waals surface area (Å²) in [5.74, 6) is 0.522. The van der Waals surface area contributed by atoms with Crippen molar-refractivity contribution >= 4 is 5.91 Å². The molecule has 0 aliphatic heterocycles. The first kappa shape index (κ1) is 21.3. The number of aromatic nitrogens is 1. The van der Waals surface area contributed by atoms with Gasteiger partial charge < -0.3 is 19.3 Å². The first-order valence-corrected chi connectivity index (χ1v) is 10.3. The summed E-state index contributed by atoms with van der Waals surface area (Å²) in [6.45, 7) is 5.08. The first-order valence-electron chi connectivity index (χ1n) is 10.3. The molecule has 0 saturated carbocycles. The summed E-state index contributed by atoms with van der Waals surface area (Å²) < 4.78 is 11.2. The number of ether oxygens (including phenoxy) is 2. The number of carbonyl (C=O) groups excluding carboxylic acids is 1. The van der Waals surface area contributed by atoms with Gasteiger partial charge in [0.2, 0.25) is 5.88 Å². The van der Waals surface area contributed by atoms with Crippen LogP contribution in [-0.2, 0) is 11.2 Å². The van der Waals surface area contributed by atoms with E-state index in [9.17, 15) is 4.79 Å². The third-order valence-corrected chi connectivity index (χ3v) is 5.19. The summed E-state index contributed by atoms with van der Waals surface area (Å²) in [6.07, 6.45) is 3.55. The summed E-state index contributed by atoms with van der Waals surface area (Å²) in [6, 6.07) is 12.0. The lowest BCUT2D eigenvalue weighted by molar-refractivity contribution is 0.0555. The molecule has 1 atom stereocenters. The zero-order chi connectivity index (χ0) is 20.6. The number of fused-ring (bicyclic) bond motifs is 1. The van der Waals surface area contributed by atoms with Crippen molar-refractivity contribution in [1.82, 2.24) is 14.8 Å². The van der Waals surface area contributed by atoms with Gasteiger partial charge >= 0.3 is 0 Å². The molecule has 2 aromatic rings. The molecule has 6 nitrogen and oxygen atoms in total. The third kappa shape index (κ3) is 5.55. The van der Waals surface area contributed by atoms with Crippen molar-refractivity contribution < 1.29 is 14.3 Å². The smallest absolute Gasteiger partial charge is 0.256 e. The fourth-order valence-electron chi connectivity index (χ4n) is 3.66. The molecule has 1 aromatic heterocycles. The molecule has 156 valence electrons. The zero-order valence-electron chi connectivity index (χ0n) is 17.6. The monoisotopic (exact) mass is 397 g/mol. The van der Waals surface area contributed by atoms with Crippen molar-refractivity contribution in [1.29, 1.82) is 0 Å². The van der Waals surface area contributed by atoms with E-state index in [0.29, 0.717) is 37.8 Å². The maximum Gasteiger partial charge on any atom is 0.256 e. The Hall–Kier alpha value is -2.44. The van der Waals surface area contributed by atoms with Gasteiger partial charge in [0, 0.05) is 32.0 Å². The van der Waals surface area contributed by atoms with Gasteiger partial charge in [-0.2, -0.15) is 0 Å². The Morgan fingerprint density at radius 2 is 1.97 bits per heavy atom. The Bertz CT molecular complexity index is 792. The fraction of sp³-hybridized carbons (Fsp3) is 0.478. The Balaban J connectivity index is 1.73. The van der Waals surface area contributed by atoms with Gasteiger partial charge in [0.1, 0.15) is 6.61 Å². The second kappa shape index (κ2) is 10.4. The maximum absolute atomic E-state index is 13.3. The second-order valence-electron chi connectivity index (χ2n) is 7.49. The molecular formula is C23H31N3O3. The number of rotatable bonds is 10. The Labute approximate surface area is 173 Å². The molecule has 0 spiro atoms. The number of likely N-dealkylation sites (N-methyl/N-ethyl adjacent to an activating group) is 1. The molecule has 6 heteroatoms. The van der Waals surface area contributed by atoms with Crippen LogP contribution in [0.25, 0.3) is 0 Å². The molecule has 0 N–H and O–H groups in total. The van der Waals surface area contributed by atoms with Gasteiger partial charge in [-0.1, -0.05) is 24.3 Å². The molecule has 1 unspecified atom stereocenters. The van der Waals surface area contributed by atoms with Gasteiger partial charge in [-0.3, -0.25) is 4.79 Å². The van der Waals surface area contributed by atoms with Gasteiger partial charge in [0.25, 0.3) is 5.91 Å². The summed E-state index contributed by atoms with van der Waals surface area (Å²) in [4.78, 5) is 21.6. The minimum Gasteiger partial charge on any atom is -0.476 e. The van der Waals surface area contributed by atoms with Gasteiger partial charge in [-0.05, 0) is 51.1 Å². The highest BCUT2D eigenvalue weighted by Gasteiger charge is 2.31. The van der Waals surface area contributed by atoms with Crippen molar-refractivity contribution in [2.75, 3.05) is 47.0 Å². The van der Waals surface area contributed by atoms with Crippen molar-refractivity contribution in [3.63, 3.8) is 0 Å². The summed E-state index contributed by atoms with van der Waals surface area (Å²) in [7, 11) is 3.99. The lowest BCUT2D eigenvalue weighted by Gasteiger charge is -2.30. The Kier molecular flexibility index (Phi) is 7.61. The van der Waals surface area contributed by atoms with E-state index in [2.05, 4.69) is 23.2 Å². The van der Waals surface area contributed by atoms with Crippen LogP contribution in [0.3, 0.4) is 0 Å². The van der Waals surface area contributed by atoms with Crippen LogP contribution in [0.5, 0.6) is 5.88 Å². The van der Waals surface area contributed by atoms with Crippen LogP contribution in [0.1, 0.15) is 40.9 Å². The Morgan fingerprint density at radius 1 is 1.14 bits per heavy atom. The predicted molar refractivity (Wildman–Crippen MR) is 113 cm³/mol. The molecule has 0 fully saturated rings. The standard InChI is InChI=1S/C23H31N3O3/c1-4-28-15-14-26(21-11-9-18-7-5-6-8-20(18)21)23(27)19-10-12-22(24-17-19)29-16-13-25(2)3/h5-8,10,12,17,21H,4,9,11,13-16H2,1-3H3. The van der Waals surface area contributed by atoms with Crippen LogP contribution in [0.4, 0.5) is 0 Å². The van der Waals surface area contributed by atoms with E-state index < -0.39 is 0 Å². The fourth-order valence-corrected chi connectivity index (χ4v) is 3.66. The number of aryl methyl sites for hydroxylation is 1. The molecule has 1 aliphatic rings. The summed E-state index contributed by atoms with van der Waals surface area (Å²) >= 11 is 0. The van der Waals surface area contributed by atoms with Crippen molar-refractivity contribution in [3.05, 3.63) is 59.3 Å². The van der Waals surface area contributed by atoms with Crippen LogP contribution in [0.2, 0.25) is 0 Å². The topological polar surface area (TPSA) is 54.9 Å². The normalized spacial score (nSPS) is 15.4. The molecule has 1 aromatic carbocycles. The minimum atomic E-state index is -0.0150. The van der Waals surface area contributed by atoms with Crippen LogP contribution < -0.4 is 4.74 Å². The van der Waals surface area contributed by atoms with Crippen molar-refractivity contribution in [2.45, 2.75) is 25.8 Å². The van der Waals surface area contributed by atoms with E-state index in [1.54, 1.807) is 18.3 Å². The molecule has 0 bridgehead atoms. The van der Waals surface area contributed by atoms with Crippen molar-refractivity contribution in [2.24, 2.45) is 0 Å². The predicted octanol–water partition coefficient (Wildman–Crippen LogP) is 3.19. The molecule has 0 radical (unpaired) electrons. The van der Waals surface area contributed by atoms with Gasteiger partial charge in [-0.15, -0.1) is 0 Å². The number of pyridine rings is 1. The van der Waals surface area contributed by atoms with E-state index in [-0.39, 0.29) is 11.9 Å². The number of carbonyl (C=O) groups is 1. The van der Waals surface area contributed by atoms with E-state index >= 15 is 0 Å². The lowest BCUT2D eigenvalue weighted by atomic mass is 10.1. The van der Waals surface area contributed by atoms with Crippen LogP contribution >= 0.6 is 0 Å². The average molecular weight is 398 g/mol. The molecule has 0 saturated heterocycles. The van der Waals surface area contributed by atoms with E-state index in [0.717, 1.165) is 19.4 Å². The van der Waals surface area contributed by atoms with Crippen LogP contribution in [0, 0.1) is 0 Å². The van der Waals surface area contributed by atoms with Crippen molar-refractivity contribution in [3.8, 4) is 5.88 Å². The van der Waals surface area contributed by atoms with Gasteiger partial charge in [-0.25, -0.2) is 4.98 Å². The summed E-state index contributed by atoms with van der Waals surface area (Å²) in [5, 5.41) is 0. The SMILES string of the molecule is CCOCCN(C(=O)c1ccc(OCCN(C)C)nc1)C1CCc2ccccc21.